The number of nitrogens with zero attached hydrogens (tertiary/aromatic N) is 1. The monoisotopic (exact) mass is 262 g/mol. The summed E-state index contributed by atoms with van der Waals surface area (Å²) in [6.45, 7) is 6.40. The quantitative estimate of drug-likeness (QED) is 0.787. The lowest BCUT2D eigenvalue weighted by molar-refractivity contribution is -0.143. The molecule has 0 aromatic heterocycles. The van der Waals surface area contributed by atoms with E-state index >= 15 is 0 Å². The van der Waals surface area contributed by atoms with Gasteiger partial charge in [0.05, 0.1) is 12.6 Å². The van der Waals surface area contributed by atoms with Crippen LogP contribution in [0.15, 0.2) is 5.10 Å². The molecule has 1 N–H and O–H groups in total. The van der Waals surface area contributed by atoms with Gasteiger partial charge in [-0.25, -0.2) is 0 Å². The molecule has 1 aliphatic rings. The summed E-state index contributed by atoms with van der Waals surface area (Å²) in [7, 11) is 0. The SMILES string of the molecule is CCOC(=O)C1SC(SC)=NNC1C(C)C. The molecule has 0 fully saturated rings. The lowest BCUT2D eigenvalue weighted by Crippen LogP contribution is -2.47. The molecule has 0 saturated carbocycles. The van der Waals surface area contributed by atoms with E-state index in [1.54, 1.807) is 11.8 Å². The first-order valence-electron chi connectivity index (χ1n) is 5.30. The van der Waals surface area contributed by atoms with E-state index in [9.17, 15) is 4.79 Å². The van der Waals surface area contributed by atoms with Crippen LogP contribution in [0.4, 0.5) is 0 Å². The van der Waals surface area contributed by atoms with Crippen LogP contribution in [0.2, 0.25) is 0 Å². The van der Waals surface area contributed by atoms with Crippen molar-refractivity contribution in [3.05, 3.63) is 0 Å². The highest BCUT2D eigenvalue weighted by atomic mass is 32.2. The molecule has 0 amide bonds. The maximum Gasteiger partial charge on any atom is 0.321 e. The number of rotatable bonds is 3. The summed E-state index contributed by atoms with van der Waals surface area (Å²) in [5.41, 5.74) is 3.05. The van der Waals surface area contributed by atoms with Gasteiger partial charge in [0, 0.05) is 0 Å². The maximum atomic E-state index is 11.8. The number of esters is 1. The molecule has 1 heterocycles. The molecule has 1 rings (SSSR count). The Kier molecular flexibility index (Phi) is 5.48. The molecule has 0 aliphatic carbocycles. The third-order valence-corrected chi connectivity index (χ3v) is 4.53. The first kappa shape index (κ1) is 13.7. The Balaban J connectivity index is 2.76. The van der Waals surface area contributed by atoms with Crippen molar-refractivity contribution in [3.63, 3.8) is 0 Å². The van der Waals surface area contributed by atoms with Crippen LogP contribution in [0.1, 0.15) is 20.8 Å². The van der Waals surface area contributed by atoms with Gasteiger partial charge in [0.1, 0.15) is 5.25 Å². The van der Waals surface area contributed by atoms with Crippen LogP contribution >= 0.6 is 23.5 Å². The van der Waals surface area contributed by atoms with Gasteiger partial charge in [-0.15, -0.1) is 11.8 Å². The second-order valence-electron chi connectivity index (χ2n) is 3.77. The maximum absolute atomic E-state index is 11.8. The molecule has 4 nitrogen and oxygen atoms in total. The average Bonchev–Trinajstić information content (AvgIpc) is 2.28. The minimum Gasteiger partial charge on any atom is -0.465 e. The van der Waals surface area contributed by atoms with E-state index in [1.807, 2.05) is 13.2 Å². The van der Waals surface area contributed by atoms with Gasteiger partial charge in [0.25, 0.3) is 0 Å². The van der Waals surface area contributed by atoms with E-state index in [4.69, 9.17) is 4.74 Å². The van der Waals surface area contributed by atoms with Crippen LogP contribution in [0.5, 0.6) is 0 Å². The molecule has 2 atom stereocenters. The second kappa shape index (κ2) is 6.39. The van der Waals surface area contributed by atoms with Crippen LogP contribution in [0, 0.1) is 5.92 Å². The van der Waals surface area contributed by atoms with E-state index in [0.717, 1.165) is 4.38 Å². The smallest absolute Gasteiger partial charge is 0.321 e. The molecule has 0 aromatic rings. The number of nitrogens with one attached hydrogen (secondary N) is 1. The minimum absolute atomic E-state index is 0.0416. The molecule has 0 radical (unpaired) electrons. The highest BCUT2D eigenvalue weighted by molar-refractivity contribution is 8.39. The predicted octanol–water partition coefficient (Wildman–Crippen LogP) is 1.91. The Hall–Kier alpha value is -0.360. The molecule has 16 heavy (non-hydrogen) atoms. The molecule has 92 valence electrons. The van der Waals surface area contributed by atoms with Gasteiger partial charge in [-0.05, 0) is 19.1 Å². The lowest BCUT2D eigenvalue weighted by atomic mass is 10.0. The Morgan fingerprint density at radius 3 is 2.88 bits per heavy atom. The third kappa shape index (κ3) is 3.31. The summed E-state index contributed by atoms with van der Waals surface area (Å²) in [4.78, 5) is 11.8. The van der Waals surface area contributed by atoms with Crippen molar-refractivity contribution in [2.75, 3.05) is 12.9 Å². The number of hydrazone groups is 1. The van der Waals surface area contributed by atoms with Crippen molar-refractivity contribution < 1.29 is 9.53 Å². The molecule has 0 bridgehead atoms. The zero-order chi connectivity index (χ0) is 12.1. The van der Waals surface area contributed by atoms with Crippen LogP contribution in [0.25, 0.3) is 0 Å². The van der Waals surface area contributed by atoms with Crippen molar-refractivity contribution in [2.24, 2.45) is 11.0 Å². The first-order valence-corrected chi connectivity index (χ1v) is 7.41. The molecule has 0 saturated heterocycles. The summed E-state index contributed by atoms with van der Waals surface area (Å²) >= 11 is 3.03. The lowest BCUT2D eigenvalue weighted by Gasteiger charge is -2.31. The molecule has 0 aromatic carbocycles. The summed E-state index contributed by atoms with van der Waals surface area (Å²) in [5.74, 6) is 0.189. The number of carbonyl (C=O) groups is 1. The van der Waals surface area contributed by atoms with Crippen LogP contribution in [0.3, 0.4) is 0 Å². The van der Waals surface area contributed by atoms with E-state index in [-0.39, 0.29) is 17.3 Å². The fraction of sp³-hybridized carbons (Fsp3) is 0.800. The number of carbonyl (C=O) groups excluding carboxylic acids is 1. The third-order valence-electron chi connectivity index (χ3n) is 2.27. The Morgan fingerprint density at radius 2 is 2.38 bits per heavy atom. The minimum atomic E-state index is -0.195. The van der Waals surface area contributed by atoms with Crippen molar-refractivity contribution in [2.45, 2.75) is 32.1 Å². The van der Waals surface area contributed by atoms with Crippen LogP contribution in [-0.4, -0.2) is 34.5 Å². The Labute approximate surface area is 105 Å². The first-order chi connectivity index (χ1) is 7.60. The average molecular weight is 262 g/mol. The fourth-order valence-electron chi connectivity index (χ4n) is 1.41. The summed E-state index contributed by atoms with van der Waals surface area (Å²) < 4.78 is 5.97. The van der Waals surface area contributed by atoms with Crippen LogP contribution in [-0.2, 0) is 9.53 Å². The van der Waals surface area contributed by atoms with E-state index in [0.29, 0.717) is 12.5 Å². The summed E-state index contributed by atoms with van der Waals surface area (Å²) in [6.07, 6.45) is 1.95. The van der Waals surface area contributed by atoms with Crippen molar-refractivity contribution in [1.82, 2.24) is 5.43 Å². The van der Waals surface area contributed by atoms with Crippen LogP contribution < -0.4 is 5.43 Å². The number of thioether (sulfide) groups is 2. The van der Waals surface area contributed by atoms with E-state index < -0.39 is 0 Å². The molecule has 0 spiro atoms. The molecule has 1 aliphatic heterocycles. The van der Waals surface area contributed by atoms with Gasteiger partial charge >= 0.3 is 5.97 Å². The van der Waals surface area contributed by atoms with Crippen molar-refractivity contribution in [1.29, 1.82) is 0 Å². The standard InChI is InChI=1S/C10H18N2O2S2/c1-5-14-9(13)8-7(6(2)3)11-12-10(15-4)16-8/h6-8,11H,5H2,1-4H3. The number of hydrogen-bond acceptors (Lipinski definition) is 6. The van der Waals surface area contributed by atoms with Gasteiger partial charge in [-0.1, -0.05) is 25.6 Å². The Morgan fingerprint density at radius 1 is 1.69 bits per heavy atom. The highest BCUT2D eigenvalue weighted by Crippen LogP contribution is 2.29. The molecule has 6 heteroatoms. The van der Waals surface area contributed by atoms with Crippen molar-refractivity contribution in [3.8, 4) is 0 Å². The summed E-state index contributed by atoms with van der Waals surface area (Å²) in [6, 6.07) is 0.0416. The normalized spacial score (nSPS) is 24.9. The Bertz CT molecular complexity index is 282. The zero-order valence-electron chi connectivity index (χ0n) is 10.0. The van der Waals surface area contributed by atoms with E-state index in [2.05, 4.69) is 24.4 Å². The number of ether oxygens (including phenoxy) is 1. The largest absolute Gasteiger partial charge is 0.465 e. The van der Waals surface area contributed by atoms with Crippen molar-refractivity contribution >= 4 is 33.9 Å². The van der Waals surface area contributed by atoms with E-state index in [1.165, 1.54) is 11.8 Å². The van der Waals surface area contributed by atoms with Gasteiger partial charge < -0.3 is 10.2 Å². The van der Waals surface area contributed by atoms with Gasteiger partial charge in [0.2, 0.25) is 0 Å². The zero-order valence-corrected chi connectivity index (χ0v) is 11.7. The van der Waals surface area contributed by atoms with Gasteiger partial charge in [-0.3, -0.25) is 4.79 Å². The molecule has 2 unspecified atom stereocenters. The predicted molar refractivity (Wildman–Crippen MR) is 70.7 cm³/mol. The highest BCUT2D eigenvalue weighted by Gasteiger charge is 2.36. The number of hydrogen-bond donors (Lipinski definition) is 1. The molecular weight excluding hydrogens is 244 g/mol. The fourth-order valence-corrected chi connectivity index (χ4v) is 3.26. The summed E-state index contributed by atoms with van der Waals surface area (Å²) in [5, 5.41) is 4.03. The van der Waals surface area contributed by atoms with Gasteiger partial charge in [-0.2, -0.15) is 5.10 Å². The molecular formula is C10H18N2O2S2. The topological polar surface area (TPSA) is 50.7 Å². The van der Waals surface area contributed by atoms with Gasteiger partial charge in [0.15, 0.2) is 4.38 Å². The second-order valence-corrected chi connectivity index (χ2v) is 5.95.